The minimum absolute atomic E-state index is 0.107. The van der Waals surface area contributed by atoms with Crippen LogP contribution in [0.25, 0.3) is 0 Å². The molecule has 0 N–H and O–H groups in total. The SMILES string of the molecule is CC/C=C\C/C=C\C/C=C\C/C=C\CCC(=O)OC(COC(=O)CCCCCCCC)COC(=O)CCCCCCCCC/C=C\C/C=C\CCCCCC. The van der Waals surface area contributed by atoms with Crippen molar-refractivity contribution in [3.8, 4) is 0 Å². The lowest BCUT2D eigenvalue weighted by Gasteiger charge is -2.18. The summed E-state index contributed by atoms with van der Waals surface area (Å²) in [7, 11) is 0. The first kappa shape index (κ1) is 51.9. The van der Waals surface area contributed by atoms with E-state index in [1.54, 1.807) is 0 Å². The summed E-state index contributed by atoms with van der Waals surface area (Å²) in [6.45, 7) is 6.35. The van der Waals surface area contributed by atoms with Gasteiger partial charge >= 0.3 is 17.9 Å². The van der Waals surface area contributed by atoms with E-state index in [0.29, 0.717) is 19.3 Å². The van der Waals surface area contributed by atoms with Crippen molar-refractivity contribution in [1.29, 1.82) is 0 Å². The van der Waals surface area contributed by atoms with Gasteiger partial charge in [0.05, 0.1) is 0 Å². The third kappa shape index (κ3) is 41.8. The van der Waals surface area contributed by atoms with E-state index >= 15 is 0 Å². The third-order valence-electron chi connectivity index (χ3n) is 9.21. The lowest BCUT2D eigenvalue weighted by molar-refractivity contribution is -0.166. The molecule has 0 aliphatic rings. The van der Waals surface area contributed by atoms with Crippen molar-refractivity contribution in [2.45, 2.75) is 207 Å². The molecule has 0 bridgehead atoms. The first-order valence-corrected chi connectivity index (χ1v) is 22.4. The topological polar surface area (TPSA) is 78.9 Å². The quantitative estimate of drug-likeness (QED) is 0.0268. The fourth-order valence-corrected chi connectivity index (χ4v) is 5.84. The molecule has 6 nitrogen and oxygen atoms in total. The molecule has 0 radical (unpaired) electrons. The zero-order valence-electron chi connectivity index (χ0n) is 35.7. The monoisotopic (exact) mass is 767 g/mol. The molecule has 0 aromatic rings. The number of hydrogen-bond donors (Lipinski definition) is 0. The number of carbonyl (C=O) groups excluding carboxylic acids is 3. The zero-order chi connectivity index (χ0) is 40.1. The molecule has 0 aliphatic carbocycles. The molecule has 6 heteroatoms. The second-order valence-electron chi connectivity index (χ2n) is 14.6. The largest absolute Gasteiger partial charge is 0.462 e. The lowest BCUT2D eigenvalue weighted by Crippen LogP contribution is -2.30. The van der Waals surface area contributed by atoms with Gasteiger partial charge in [-0.3, -0.25) is 14.4 Å². The fraction of sp³-hybridized carbons (Fsp3) is 0.694. The molecular formula is C49H82O6. The molecule has 0 saturated heterocycles. The number of allylic oxidation sites excluding steroid dienone is 12. The molecule has 0 aromatic heterocycles. The lowest BCUT2D eigenvalue weighted by atomic mass is 10.1. The molecular weight excluding hydrogens is 685 g/mol. The van der Waals surface area contributed by atoms with Crippen LogP contribution < -0.4 is 0 Å². The molecule has 0 amide bonds. The highest BCUT2D eigenvalue weighted by molar-refractivity contribution is 5.71. The first-order chi connectivity index (χ1) is 27.0. The summed E-state index contributed by atoms with van der Waals surface area (Å²) in [5, 5.41) is 0. The minimum atomic E-state index is -0.811. The summed E-state index contributed by atoms with van der Waals surface area (Å²) < 4.78 is 16.5. The summed E-state index contributed by atoms with van der Waals surface area (Å²) in [5.74, 6) is -1.01. The van der Waals surface area contributed by atoms with Gasteiger partial charge in [-0.15, -0.1) is 0 Å². The maximum atomic E-state index is 12.6. The number of unbranched alkanes of at least 4 members (excludes halogenated alkanes) is 16. The van der Waals surface area contributed by atoms with Crippen LogP contribution in [0.1, 0.15) is 201 Å². The van der Waals surface area contributed by atoms with Gasteiger partial charge in [-0.1, -0.05) is 177 Å². The predicted molar refractivity (Wildman–Crippen MR) is 233 cm³/mol. The summed E-state index contributed by atoms with van der Waals surface area (Å²) in [5.41, 5.74) is 0. The molecule has 0 spiro atoms. The van der Waals surface area contributed by atoms with Gasteiger partial charge in [0.2, 0.25) is 0 Å². The van der Waals surface area contributed by atoms with Crippen molar-refractivity contribution in [1.82, 2.24) is 0 Å². The van der Waals surface area contributed by atoms with Crippen LogP contribution in [0.5, 0.6) is 0 Å². The number of hydrogen-bond acceptors (Lipinski definition) is 6. The van der Waals surface area contributed by atoms with Gasteiger partial charge in [0.25, 0.3) is 0 Å². The van der Waals surface area contributed by atoms with Crippen LogP contribution in [0, 0.1) is 0 Å². The van der Waals surface area contributed by atoms with Crippen LogP contribution in [0.3, 0.4) is 0 Å². The van der Waals surface area contributed by atoms with Crippen molar-refractivity contribution in [2.75, 3.05) is 13.2 Å². The first-order valence-electron chi connectivity index (χ1n) is 22.4. The van der Waals surface area contributed by atoms with E-state index in [1.165, 1.54) is 77.0 Å². The van der Waals surface area contributed by atoms with Gasteiger partial charge in [0.15, 0.2) is 6.10 Å². The Hall–Kier alpha value is -3.15. The summed E-state index contributed by atoms with van der Waals surface area (Å²) in [6, 6.07) is 0. The molecule has 0 aliphatic heterocycles. The normalized spacial score (nSPS) is 12.7. The number of esters is 3. The average molecular weight is 767 g/mol. The zero-order valence-corrected chi connectivity index (χ0v) is 35.7. The fourth-order valence-electron chi connectivity index (χ4n) is 5.84. The van der Waals surface area contributed by atoms with Crippen molar-refractivity contribution >= 4 is 17.9 Å². The molecule has 1 unspecified atom stereocenters. The van der Waals surface area contributed by atoms with E-state index < -0.39 is 12.1 Å². The Morgan fingerprint density at radius 1 is 0.382 bits per heavy atom. The van der Waals surface area contributed by atoms with Gasteiger partial charge < -0.3 is 14.2 Å². The highest BCUT2D eigenvalue weighted by Crippen LogP contribution is 2.12. The molecule has 0 aromatic carbocycles. The standard InChI is InChI=1S/C49H82O6/c1-4-7-10-13-16-18-20-22-23-24-25-26-28-29-31-33-36-39-42-48(51)54-45-46(44-53-47(50)41-38-35-15-12-9-6-3)55-49(52)43-40-37-34-32-30-27-21-19-17-14-11-8-5-2/h8,11,17-20,23-24,27,30,34,37,46H,4-7,9-10,12-16,21-22,25-26,28-29,31-33,35-36,38-45H2,1-3H3/b11-8-,19-17-,20-18-,24-23-,30-27-,37-34-. The second kappa shape index (κ2) is 43.6. The van der Waals surface area contributed by atoms with Crippen LogP contribution in [0.4, 0.5) is 0 Å². The van der Waals surface area contributed by atoms with Crippen LogP contribution in [0.15, 0.2) is 72.9 Å². The van der Waals surface area contributed by atoms with E-state index in [4.69, 9.17) is 14.2 Å². The summed E-state index contributed by atoms with van der Waals surface area (Å²) >= 11 is 0. The summed E-state index contributed by atoms with van der Waals surface area (Å²) in [4.78, 5) is 37.5. The van der Waals surface area contributed by atoms with E-state index in [0.717, 1.165) is 77.0 Å². The Morgan fingerprint density at radius 2 is 0.745 bits per heavy atom. The molecule has 314 valence electrons. The molecule has 1 atom stereocenters. The van der Waals surface area contributed by atoms with Gasteiger partial charge in [0, 0.05) is 19.3 Å². The third-order valence-corrected chi connectivity index (χ3v) is 9.21. The summed E-state index contributed by atoms with van der Waals surface area (Å²) in [6.07, 6.45) is 53.5. The second-order valence-corrected chi connectivity index (χ2v) is 14.6. The average Bonchev–Trinajstić information content (AvgIpc) is 3.18. The highest BCUT2D eigenvalue weighted by atomic mass is 16.6. The smallest absolute Gasteiger partial charge is 0.306 e. The number of carbonyl (C=O) groups is 3. The predicted octanol–water partition coefficient (Wildman–Crippen LogP) is 14.3. The molecule has 0 fully saturated rings. The van der Waals surface area contributed by atoms with Gasteiger partial charge in [0.1, 0.15) is 13.2 Å². The van der Waals surface area contributed by atoms with Crippen LogP contribution >= 0.6 is 0 Å². The van der Waals surface area contributed by atoms with E-state index in [1.807, 2.05) is 12.2 Å². The number of rotatable bonds is 39. The van der Waals surface area contributed by atoms with Crippen molar-refractivity contribution < 1.29 is 28.6 Å². The Labute approximate surface area is 338 Å². The van der Waals surface area contributed by atoms with Crippen LogP contribution in [-0.2, 0) is 28.6 Å². The Morgan fingerprint density at radius 3 is 1.20 bits per heavy atom. The molecule has 55 heavy (non-hydrogen) atoms. The minimum Gasteiger partial charge on any atom is -0.462 e. The Bertz CT molecular complexity index is 1070. The van der Waals surface area contributed by atoms with E-state index in [2.05, 4.69) is 81.5 Å². The maximum absolute atomic E-state index is 12.6. The van der Waals surface area contributed by atoms with Gasteiger partial charge in [-0.25, -0.2) is 0 Å². The van der Waals surface area contributed by atoms with Crippen molar-refractivity contribution in [3.63, 3.8) is 0 Å². The Kier molecular flexibility index (Phi) is 41.1. The van der Waals surface area contributed by atoms with Crippen LogP contribution in [-0.4, -0.2) is 37.2 Å². The van der Waals surface area contributed by atoms with E-state index in [9.17, 15) is 14.4 Å². The van der Waals surface area contributed by atoms with Crippen molar-refractivity contribution in [2.24, 2.45) is 0 Å². The Balaban J connectivity index is 4.36. The molecule has 0 heterocycles. The molecule has 0 rings (SSSR count). The highest BCUT2D eigenvalue weighted by Gasteiger charge is 2.19. The van der Waals surface area contributed by atoms with Gasteiger partial charge in [-0.2, -0.15) is 0 Å². The van der Waals surface area contributed by atoms with E-state index in [-0.39, 0.29) is 31.6 Å². The van der Waals surface area contributed by atoms with Crippen molar-refractivity contribution in [3.05, 3.63) is 72.9 Å². The number of ether oxygens (including phenoxy) is 3. The maximum Gasteiger partial charge on any atom is 0.306 e. The van der Waals surface area contributed by atoms with Gasteiger partial charge in [-0.05, 0) is 77.0 Å². The molecule has 0 saturated carbocycles. The van der Waals surface area contributed by atoms with Crippen LogP contribution in [0.2, 0.25) is 0 Å².